The van der Waals surface area contributed by atoms with Crippen LogP contribution in [0.2, 0.25) is 0 Å². The first-order chi connectivity index (χ1) is 9.57. The van der Waals surface area contributed by atoms with E-state index in [4.69, 9.17) is 5.73 Å². The third-order valence-corrected chi connectivity index (χ3v) is 3.79. The van der Waals surface area contributed by atoms with Crippen LogP contribution in [-0.2, 0) is 11.2 Å². The Balaban J connectivity index is 0.00000220. The predicted molar refractivity (Wildman–Crippen MR) is 89.0 cm³/mol. The standard InChI is InChI=1S/C17H21NO2.ClH/c1-2-3-11-17(18,16(19)20)12-14-9-6-8-13-7-4-5-10-15(13)14;/h4-10H,2-3,11-12,18H2,1H3,(H,19,20);1H/t17-;/m1./s1. The van der Waals surface area contributed by atoms with Crippen molar-refractivity contribution >= 4 is 29.1 Å². The molecule has 21 heavy (non-hydrogen) atoms. The molecule has 0 unspecified atom stereocenters. The topological polar surface area (TPSA) is 63.3 Å². The minimum absolute atomic E-state index is 0. The Bertz CT molecular complexity index is 609. The zero-order chi connectivity index (χ0) is 14.6. The lowest BCUT2D eigenvalue weighted by atomic mass is 9.85. The van der Waals surface area contributed by atoms with Crippen molar-refractivity contribution in [1.29, 1.82) is 0 Å². The number of carboxylic acids is 1. The SMILES string of the molecule is CCCC[C@@](N)(Cc1cccc2ccccc12)C(=O)O.Cl. The van der Waals surface area contributed by atoms with Gasteiger partial charge >= 0.3 is 5.97 Å². The van der Waals surface area contributed by atoms with Crippen molar-refractivity contribution in [2.75, 3.05) is 0 Å². The zero-order valence-electron chi connectivity index (χ0n) is 12.2. The predicted octanol–water partition coefficient (Wildman–Crippen LogP) is 3.78. The van der Waals surface area contributed by atoms with Gasteiger partial charge in [0.1, 0.15) is 5.54 Å². The van der Waals surface area contributed by atoms with Gasteiger partial charge in [-0.15, -0.1) is 12.4 Å². The van der Waals surface area contributed by atoms with E-state index in [1.807, 2.05) is 49.4 Å². The lowest BCUT2D eigenvalue weighted by Crippen LogP contribution is -2.49. The summed E-state index contributed by atoms with van der Waals surface area (Å²) in [5.41, 5.74) is 5.97. The van der Waals surface area contributed by atoms with Gasteiger partial charge in [-0.25, -0.2) is 0 Å². The normalized spacial score (nSPS) is 13.4. The molecule has 0 saturated carbocycles. The summed E-state index contributed by atoms with van der Waals surface area (Å²) in [6.45, 7) is 2.04. The van der Waals surface area contributed by atoms with Crippen LogP contribution in [0, 0.1) is 0 Å². The second kappa shape index (κ2) is 7.43. The maximum absolute atomic E-state index is 11.5. The molecule has 2 aromatic rings. The van der Waals surface area contributed by atoms with Crippen molar-refractivity contribution in [3.63, 3.8) is 0 Å². The fourth-order valence-electron chi connectivity index (χ4n) is 2.55. The van der Waals surface area contributed by atoms with Crippen molar-refractivity contribution in [2.24, 2.45) is 5.73 Å². The lowest BCUT2D eigenvalue weighted by Gasteiger charge is -2.25. The van der Waals surface area contributed by atoms with Crippen molar-refractivity contribution in [1.82, 2.24) is 0 Å². The van der Waals surface area contributed by atoms with Crippen molar-refractivity contribution in [3.8, 4) is 0 Å². The molecule has 3 nitrogen and oxygen atoms in total. The number of hydrogen-bond acceptors (Lipinski definition) is 2. The number of unbranched alkanes of at least 4 members (excludes halogenated alkanes) is 1. The molecule has 2 aromatic carbocycles. The molecule has 0 aromatic heterocycles. The molecule has 0 radical (unpaired) electrons. The van der Waals surface area contributed by atoms with Gasteiger partial charge < -0.3 is 10.8 Å². The number of carbonyl (C=O) groups is 1. The average Bonchev–Trinajstić information content (AvgIpc) is 2.45. The maximum atomic E-state index is 11.5. The summed E-state index contributed by atoms with van der Waals surface area (Å²) in [4.78, 5) is 11.5. The van der Waals surface area contributed by atoms with Gasteiger partial charge in [-0.2, -0.15) is 0 Å². The summed E-state index contributed by atoms with van der Waals surface area (Å²) in [5, 5.41) is 11.7. The summed E-state index contributed by atoms with van der Waals surface area (Å²) >= 11 is 0. The third-order valence-electron chi connectivity index (χ3n) is 3.79. The highest BCUT2D eigenvalue weighted by Gasteiger charge is 2.33. The molecule has 0 aliphatic carbocycles. The number of benzene rings is 2. The number of aliphatic carboxylic acids is 1. The first kappa shape index (κ1) is 17.5. The molecular weight excluding hydrogens is 286 g/mol. The van der Waals surface area contributed by atoms with Crippen LogP contribution in [0.1, 0.15) is 31.7 Å². The second-order valence-corrected chi connectivity index (χ2v) is 5.38. The van der Waals surface area contributed by atoms with E-state index in [1.165, 1.54) is 0 Å². The zero-order valence-corrected chi connectivity index (χ0v) is 13.0. The van der Waals surface area contributed by atoms with Gasteiger partial charge in [0, 0.05) is 6.42 Å². The van der Waals surface area contributed by atoms with Gasteiger partial charge in [-0.3, -0.25) is 4.79 Å². The Hall–Kier alpha value is -1.58. The number of carboxylic acid groups (broad SMARTS) is 1. The van der Waals surface area contributed by atoms with Crippen LogP contribution in [0.4, 0.5) is 0 Å². The summed E-state index contributed by atoms with van der Waals surface area (Å²) < 4.78 is 0. The number of rotatable bonds is 6. The van der Waals surface area contributed by atoms with Crippen molar-refractivity contribution < 1.29 is 9.90 Å². The second-order valence-electron chi connectivity index (χ2n) is 5.38. The van der Waals surface area contributed by atoms with Crippen LogP contribution >= 0.6 is 12.4 Å². The van der Waals surface area contributed by atoms with E-state index in [1.54, 1.807) is 0 Å². The van der Waals surface area contributed by atoms with E-state index in [0.717, 1.165) is 29.2 Å². The Labute approximate surface area is 131 Å². The van der Waals surface area contributed by atoms with E-state index in [0.29, 0.717) is 12.8 Å². The van der Waals surface area contributed by atoms with Crippen LogP contribution < -0.4 is 5.73 Å². The molecule has 0 aliphatic rings. The molecule has 0 saturated heterocycles. The highest BCUT2D eigenvalue weighted by molar-refractivity contribution is 5.87. The van der Waals surface area contributed by atoms with Gasteiger partial charge in [0.2, 0.25) is 0 Å². The van der Waals surface area contributed by atoms with Crippen LogP contribution in [0.5, 0.6) is 0 Å². The van der Waals surface area contributed by atoms with Gasteiger partial charge in [-0.05, 0) is 22.8 Å². The number of halogens is 1. The van der Waals surface area contributed by atoms with Gasteiger partial charge in [0.05, 0.1) is 0 Å². The fourth-order valence-corrected chi connectivity index (χ4v) is 2.55. The molecule has 0 fully saturated rings. The Morgan fingerprint density at radius 3 is 2.52 bits per heavy atom. The first-order valence-electron chi connectivity index (χ1n) is 7.06. The lowest BCUT2D eigenvalue weighted by molar-refractivity contribution is -0.143. The molecule has 1 atom stereocenters. The largest absolute Gasteiger partial charge is 0.480 e. The highest BCUT2D eigenvalue weighted by Crippen LogP contribution is 2.24. The molecule has 3 N–H and O–H groups in total. The van der Waals surface area contributed by atoms with E-state index in [9.17, 15) is 9.90 Å². The van der Waals surface area contributed by atoms with E-state index >= 15 is 0 Å². The van der Waals surface area contributed by atoms with Crippen LogP contribution in [-0.4, -0.2) is 16.6 Å². The Morgan fingerprint density at radius 2 is 1.86 bits per heavy atom. The first-order valence-corrected chi connectivity index (χ1v) is 7.06. The number of nitrogens with two attached hydrogens (primary N) is 1. The number of hydrogen-bond donors (Lipinski definition) is 2. The maximum Gasteiger partial charge on any atom is 0.324 e. The number of fused-ring (bicyclic) bond motifs is 1. The van der Waals surface area contributed by atoms with Crippen molar-refractivity contribution in [3.05, 3.63) is 48.0 Å². The van der Waals surface area contributed by atoms with Gasteiger partial charge in [0.25, 0.3) is 0 Å². The van der Waals surface area contributed by atoms with E-state index in [-0.39, 0.29) is 12.4 Å². The average molecular weight is 308 g/mol. The molecule has 0 bridgehead atoms. The quantitative estimate of drug-likeness (QED) is 0.853. The summed E-state index contributed by atoms with van der Waals surface area (Å²) in [6.07, 6.45) is 2.64. The minimum atomic E-state index is -1.18. The highest BCUT2D eigenvalue weighted by atomic mass is 35.5. The summed E-state index contributed by atoms with van der Waals surface area (Å²) in [5.74, 6) is -0.918. The molecule has 0 aliphatic heterocycles. The van der Waals surface area contributed by atoms with Crippen LogP contribution in [0.3, 0.4) is 0 Å². The van der Waals surface area contributed by atoms with E-state index < -0.39 is 11.5 Å². The molecule has 0 spiro atoms. The molecule has 0 heterocycles. The Morgan fingerprint density at radius 1 is 1.19 bits per heavy atom. The van der Waals surface area contributed by atoms with E-state index in [2.05, 4.69) is 0 Å². The fraction of sp³-hybridized carbons (Fsp3) is 0.353. The molecule has 114 valence electrons. The summed E-state index contributed by atoms with van der Waals surface area (Å²) in [7, 11) is 0. The van der Waals surface area contributed by atoms with Crippen molar-refractivity contribution in [2.45, 2.75) is 38.1 Å². The molecule has 0 amide bonds. The molecular formula is C17H22ClNO2. The Kier molecular flexibility index (Phi) is 6.19. The van der Waals surface area contributed by atoms with Gasteiger partial charge in [-0.1, -0.05) is 62.2 Å². The van der Waals surface area contributed by atoms with Gasteiger partial charge in [0.15, 0.2) is 0 Å². The summed E-state index contributed by atoms with van der Waals surface area (Å²) in [6, 6.07) is 14.0. The molecule has 2 rings (SSSR count). The molecule has 4 heteroatoms. The third kappa shape index (κ3) is 3.96. The minimum Gasteiger partial charge on any atom is -0.480 e. The monoisotopic (exact) mass is 307 g/mol. The smallest absolute Gasteiger partial charge is 0.324 e. The van der Waals surface area contributed by atoms with Crippen LogP contribution in [0.15, 0.2) is 42.5 Å². The van der Waals surface area contributed by atoms with Crippen LogP contribution in [0.25, 0.3) is 10.8 Å².